The molecule has 0 saturated carbocycles. The van der Waals surface area contributed by atoms with E-state index >= 15 is 0 Å². The fraction of sp³-hybridized carbons (Fsp3) is 0.286. The molecule has 2 N–H and O–H groups in total. The number of fused-ring (bicyclic) bond motifs is 1. The second-order valence-electron chi connectivity index (χ2n) is 9.05. The average molecular weight is 511 g/mol. The lowest BCUT2D eigenvalue weighted by Gasteiger charge is -2.36. The molecule has 0 fully saturated rings. The SMILES string of the molecule is CCCN(CC(O)(CNc1cccc2c1cnn2-c1ccccc1)C(F)(F)F)C(=O)c1ccccc1C. The van der Waals surface area contributed by atoms with Crippen LogP contribution in [0, 0.1) is 6.92 Å². The molecule has 4 aromatic rings. The highest BCUT2D eigenvalue weighted by Crippen LogP contribution is 2.33. The van der Waals surface area contributed by atoms with Gasteiger partial charge < -0.3 is 15.3 Å². The molecule has 0 bridgehead atoms. The molecule has 6 nitrogen and oxygen atoms in total. The molecule has 1 unspecified atom stereocenters. The van der Waals surface area contributed by atoms with Gasteiger partial charge in [-0.15, -0.1) is 0 Å². The van der Waals surface area contributed by atoms with Gasteiger partial charge >= 0.3 is 6.18 Å². The van der Waals surface area contributed by atoms with Crippen molar-refractivity contribution in [1.29, 1.82) is 0 Å². The molecule has 1 aromatic heterocycles. The molecule has 4 rings (SSSR count). The first-order chi connectivity index (χ1) is 17.6. The van der Waals surface area contributed by atoms with E-state index in [9.17, 15) is 23.1 Å². The Morgan fingerprint density at radius 2 is 1.73 bits per heavy atom. The van der Waals surface area contributed by atoms with Crippen molar-refractivity contribution in [3.63, 3.8) is 0 Å². The van der Waals surface area contributed by atoms with Crippen LogP contribution < -0.4 is 5.32 Å². The van der Waals surface area contributed by atoms with E-state index in [-0.39, 0.29) is 6.54 Å². The maximum atomic E-state index is 14.2. The first-order valence-corrected chi connectivity index (χ1v) is 12.0. The topological polar surface area (TPSA) is 70.4 Å². The number of hydrogen-bond donors (Lipinski definition) is 2. The second kappa shape index (κ2) is 10.6. The normalized spacial score (nSPS) is 13.4. The van der Waals surface area contributed by atoms with Gasteiger partial charge in [-0.3, -0.25) is 4.79 Å². The Labute approximate surface area is 213 Å². The van der Waals surface area contributed by atoms with Crippen LogP contribution in [-0.2, 0) is 0 Å². The van der Waals surface area contributed by atoms with Gasteiger partial charge in [-0.25, -0.2) is 4.68 Å². The monoisotopic (exact) mass is 510 g/mol. The van der Waals surface area contributed by atoms with Crippen LogP contribution >= 0.6 is 0 Å². The molecule has 0 saturated heterocycles. The van der Waals surface area contributed by atoms with Crippen molar-refractivity contribution in [3.8, 4) is 5.69 Å². The number of aromatic nitrogens is 2. The zero-order chi connectivity index (χ0) is 26.6. The summed E-state index contributed by atoms with van der Waals surface area (Å²) in [5.74, 6) is -0.547. The van der Waals surface area contributed by atoms with Crippen molar-refractivity contribution in [2.24, 2.45) is 0 Å². The molecule has 9 heteroatoms. The zero-order valence-corrected chi connectivity index (χ0v) is 20.7. The van der Waals surface area contributed by atoms with Gasteiger partial charge in [-0.2, -0.15) is 18.3 Å². The fourth-order valence-electron chi connectivity index (χ4n) is 4.29. The van der Waals surface area contributed by atoms with Gasteiger partial charge in [0.05, 0.1) is 30.5 Å². The van der Waals surface area contributed by atoms with Crippen molar-refractivity contribution in [2.75, 3.05) is 25.0 Å². The molecule has 3 aromatic carbocycles. The number of aryl methyl sites for hydroxylation is 1. The molecule has 0 aliphatic rings. The summed E-state index contributed by atoms with van der Waals surface area (Å²) in [6.07, 6.45) is -2.97. The van der Waals surface area contributed by atoms with Gasteiger partial charge in [-0.1, -0.05) is 49.4 Å². The Kier molecular flexibility index (Phi) is 7.54. The second-order valence-corrected chi connectivity index (χ2v) is 9.05. The largest absolute Gasteiger partial charge is 0.420 e. The van der Waals surface area contributed by atoms with Gasteiger partial charge in [0.2, 0.25) is 0 Å². The number of amides is 1. The third-order valence-electron chi connectivity index (χ3n) is 6.32. The summed E-state index contributed by atoms with van der Waals surface area (Å²) >= 11 is 0. The molecule has 0 radical (unpaired) electrons. The minimum atomic E-state index is -4.99. The molecule has 0 aliphatic heterocycles. The highest BCUT2D eigenvalue weighted by atomic mass is 19.4. The Bertz CT molecular complexity index is 1370. The van der Waals surface area contributed by atoms with Gasteiger partial charge in [0.25, 0.3) is 5.91 Å². The number of halogens is 3. The van der Waals surface area contributed by atoms with Gasteiger partial charge in [0.1, 0.15) is 0 Å². The lowest BCUT2D eigenvalue weighted by atomic mass is 10.0. The van der Waals surface area contributed by atoms with E-state index in [4.69, 9.17) is 0 Å². The number of benzene rings is 3. The van der Waals surface area contributed by atoms with Crippen molar-refractivity contribution < 1.29 is 23.1 Å². The van der Waals surface area contributed by atoms with Crippen LogP contribution in [0.2, 0.25) is 0 Å². The zero-order valence-electron chi connectivity index (χ0n) is 20.7. The molecule has 37 heavy (non-hydrogen) atoms. The van der Waals surface area contributed by atoms with Crippen LogP contribution in [0.3, 0.4) is 0 Å². The summed E-state index contributed by atoms with van der Waals surface area (Å²) in [7, 11) is 0. The standard InChI is InChI=1S/C28H29F3N4O2/c1-3-16-34(26(36)22-13-8-7-10-20(22)2)19-27(37,28(29,30)31)18-32-24-14-9-15-25-23(24)17-33-35(25)21-11-5-4-6-12-21/h4-15,17,32,37H,3,16,18-19H2,1-2H3. The number of nitrogens with zero attached hydrogens (tertiary/aromatic N) is 3. The number of para-hydroxylation sites is 1. The quantitative estimate of drug-likeness (QED) is 0.308. The first kappa shape index (κ1) is 26.2. The third kappa shape index (κ3) is 5.46. The third-order valence-corrected chi connectivity index (χ3v) is 6.32. The summed E-state index contributed by atoms with van der Waals surface area (Å²) in [5, 5.41) is 18.7. The van der Waals surface area contributed by atoms with Crippen molar-refractivity contribution in [3.05, 3.63) is 90.1 Å². The Morgan fingerprint density at radius 1 is 1.03 bits per heavy atom. The number of rotatable bonds is 9. The molecular weight excluding hydrogens is 481 g/mol. The van der Waals surface area contributed by atoms with Crippen LogP contribution in [0.4, 0.5) is 18.9 Å². The molecule has 1 heterocycles. The molecule has 0 spiro atoms. The van der Waals surface area contributed by atoms with Crippen LogP contribution in [0.1, 0.15) is 29.3 Å². The van der Waals surface area contributed by atoms with E-state index in [1.54, 1.807) is 61.1 Å². The van der Waals surface area contributed by atoms with E-state index in [0.29, 0.717) is 34.1 Å². The van der Waals surface area contributed by atoms with Gasteiger partial charge in [0, 0.05) is 23.2 Å². The number of nitrogens with one attached hydrogen (secondary N) is 1. The lowest BCUT2D eigenvalue weighted by molar-refractivity contribution is -0.257. The molecule has 0 aliphatic carbocycles. The minimum Gasteiger partial charge on any atom is -0.381 e. The first-order valence-electron chi connectivity index (χ1n) is 12.0. The van der Waals surface area contributed by atoms with Crippen LogP contribution in [0.15, 0.2) is 79.0 Å². The Morgan fingerprint density at radius 3 is 2.41 bits per heavy atom. The van der Waals surface area contributed by atoms with Crippen LogP contribution in [-0.4, -0.2) is 57.1 Å². The van der Waals surface area contributed by atoms with Crippen molar-refractivity contribution in [2.45, 2.75) is 32.0 Å². The predicted molar refractivity (Wildman–Crippen MR) is 138 cm³/mol. The number of aliphatic hydroxyl groups is 1. The Hall–Kier alpha value is -3.85. The predicted octanol–water partition coefficient (Wildman–Crippen LogP) is 5.59. The maximum Gasteiger partial charge on any atom is 0.420 e. The number of carbonyl (C=O) groups excluding carboxylic acids is 1. The molecule has 194 valence electrons. The lowest BCUT2D eigenvalue weighted by Crippen LogP contribution is -2.58. The molecule has 1 atom stereocenters. The summed E-state index contributed by atoms with van der Waals surface area (Å²) in [6, 6.07) is 21.3. The van der Waals surface area contributed by atoms with E-state index in [0.717, 1.165) is 10.6 Å². The van der Waals surface area contributed by atoms with E-state index in [1.165, 1.54) is 0 Å². The minimum absolute atomic E-state index is 0.0744. The number of alkyl halides is 3. The van der Waals surface area contributed by atoms with Gasteiger partial charge in [0.15, 0.2) is 5.60 Å². The number of anilines is 1. The van der Waals surface area contributed by atoms with Crippen LogP contribution in [0.5, 0.6) is 0 Å². The fourth-order valence-corrected chi connectivity index (χ4v) is 4.29. The summed E-state index contributed by atoms with van der Waals surface area (Å²) < 4.78 is 44.4. The summed E-state index contributed by atoms with van der Waals surface area (Å²) in [4.78, 5) is 14.2. The maximum absolute atomic E-state index is 14.2. The van der Waals surface area contributed by atoms with Gasteiger partial charge in [-0.05, 0) is 49.2 Å². The van der Waals surface area contributed by atoms with Crippen LogP contribution in [0.25, 0.3) is 16.6 Å². The van der Waals surface area contributed by atoms with E-state index in [2.05, 4.69) is 10.4 Å². The van der Waals surface area contributed by atoms with Crippen molar-refractivity contribution >= 4 is 22.5 Å². The van der Waals surface area contributed by atoms with E-state index < -0.39 is 30.8 Å². The smallest absolute Gasteiger partial charge is 0.381 e. The highest BCUT2D eigenvalue weighted by molar-refractivity contribution is 5.95. The summed E-state index contributed by atoms with van der Waals surface area (Å²) in [6.45, 7) is 1.83. The summed E-state index contributed by atoms with van der Waals surface area (Å²) in [5.41, 5.74) is -0.302. The highest BCUT2D eigenvalue weighted by Gasteiger charge is 2.55. The van der Waals surface area contributed by atoms with Crippen molar-refractivity contribution in [1.82, 2.24) is 14.7 Å². The molecule has 1 amide bonds. The van der Waals surface area contributed by atoms with E-state index in [1.807, 2.05) is 36.4 Å². The number of hydrogen-bond acceptors (Lipinski definition) is 4. The average Bonchev–Trinajstić information content (AvgIpc) is 3.32. The Balaban J connectivity index is 1.61. The molecular formula is C28H29F3N4O2. The number of carbonyl (C=O) groups is 1.